The molecule has 1 aromatic rings. The van der Waals surface area contributed by atoms with Crippen LogP contribution in [0, 0.1) is 0 Å². The number of aromatic hydroxyl groups is 1. The highest BCUT2D eigenvalue weighted by molar-refractivity contribution is 9.09. The number of hydrogen-bond acceptors (Lipinski definition) is 4. The third kappa shape index (κ3) is 3.00. The van der Waals surface area contributed by atoms with Crippen molar-refractivity contribution in [1.29, 1.82) is 0 Å². The van der Waals surface area contributed by atoms with Crippen LogP contribution in [0.2, 0.25) is 0 Å². The van der Waals surface area contributed by atoms with Crippen LogP contribution in [-0.2, 0) is 0 Å². The first-order valence-electron chi connectivity index (χ1n) is 5.93. The zero-order valence-electron chi connectivity index (χ0n) is 10.0. The van der Waals surface area contributed by atoms with E-state index >= 15 is 0 Å². The summed E-state index contributed by atoms with van der Waals surface area (Å²) >= 11 is 3.41. The van der Waals surface area contributed by atoms with Gasteiger partial charge in [-0.15, -0.1) is 0 Å². The first-order valence-corrected chi connectivity index (χ1v) is 7.05. The van der Waals surface area contributed by atoms with Crippen molar-refractivity contribution in [1.82, 2.24) is 14.8 Å². The number of pyridine rings is 1. The number of rotatable bonds is 3. The molecule has 2 rings (SSSR count). The lowest BCUT2D eigenvalue weighted by Crippen LogP contribution is -2.49. The summed E-state index contributed by atoms with van der Waals surface area (Å²) in [6.45, 7) is 4.16. The van der Waals surface area contributed by atoms with Gasteiger partial charge in [0.05, 0.1) is 11.8 Å². The molecule has 18 heavy (non-hydrogen) atoms. The quantitative estimate of drug-likeness (QED) is 0.844. The molecule has 0 radical (unpaired) electrons. The number of alkyl halides is 1. The number of carbonyl (C=O) groups excluding carboxylic acids is 1. The van der Waals surface area contributed by atoms with E-state index in [1.807, 2.05) is 0 Å². The Morgan fingerprint density at radius 3 is 2.72 bits per heavy atom. The molecule has 2 heterocycles. The fourth-order valence-electron chi connectivity index (χ4n) is 2.03. The van der Waals surface area contributed by atoms with Crippen LogP contribution in [0.5, 0.6) is 5.75 Å². The molecule has 0 aliphatic carbocycles. The zero-order valence-corrected chi connectivity index (χ0v) is 11.6. The highest BCUT2D eigenvalue weighted by atomic mass is 79.9. The number of nitrogens with zero attached hydrogens (tertiary/aromatic N) is 3. The van der Waals surface area contributed by atoms with Gasteiger partial charge in [0.25, 0.3) is 5.91 Å². The van der Waals surface area contributed by atoms with E-state index in [4.69, 9.17) is 0 Å². The maximum atomic E-state index is 12.2. The van der Waals surface area contributed by atoms with Crippen molar-refractivity contribution in [2.45, 2.75) is 0 Å². The van der Waals surface area contributed by atoms with Gasteiger partial charge in [-0.1, -0.05) is 15.9 Å². The van der Waals surface area contributed by atoms with Gasteiger partial charge in [-0.05, 0) is 6.07 Å². The standard InChI is InChI=1S/C12H16BrN3O2/c13-2-4-15-5-7-16(8-6-15)12(18)10-1-3-14-9-11(10)17/h1,3,9,17H,2,4-8H2. The third-order valence-electron chi connectivity index (χ3n) is 3.09. The van der Waals surface area contributed by atoms with Crippen molar-refractivity contribution < 1.29 is 9.90 Å². The van der Waals surface area contributed by atoms with Gasteiger partial charge in [-0.3, -0.25) is 14.7 Å². The molecule has 1 aliphatic heterocycles. The lowest BCUT2D eigenvalue weighted by atomic mass is 10.2. The fraction of sp³-hybridized carbons (Fsp3) is 0.500. The second-order valence-corrected chi connectivity index (χ2v) is 5.01. The van der Waals surface area contributed by atoms with Gasteiger partial charge in [0.15, 0.2) is 0 Å². The second-order valence-electron chi connectivity index (χ2n) is 4.22. The van der Waals surface area contributed by atoms with Crippen molar-refractivity contribution >= 4 is 21.8 Å². The molecule has 1 amide bonds. The Morgan fingerprint density at radius 1 is 1.39 bits per heavy atom. The lowest BCUT2D eigenvalue weighted by Gasteiger charge is -2.34. The van der Waals surface area contributed by atoms with Crippen molar-refractivity contribution in [2.75, 3.05) is 38.1 Å². The molecule has 1 saturated heterocycles. The Balaban J connectivity index is 1.98. The molecule has 0 bridgehead atoms. The number of piperazine rings is 1. The summed E-state index contributed by atoms with van der Waals surface area (Å²) < 4.78 is 0. The van der Waals surface area contributed by atoms with E-state index in [0.717, 1.165) is 25.0 Å². The van der Waals surface area contributed by atoms with Crippen LogP contribution in [0.25, 0.3) is 0 Å². The molecule has 6 heteroatoms. The van der Waals surface area contributed by atoms with E-state index in [1.165, 1.54) is 12.4 Å². The van der Waals surface area contributed by atoms with E-state index in [0.29, 0.717) is 18.7 Å². The van der Waals surface area contributed by atoms with Gasteiger partial charge < -0.3 is 10.0 Å². The summed E-state index contributed by atoms with van der Waals surface area (Å²) in [7, 11) is 0. The summed E-state index contributed by atoms with van der Waals surface area (Å²) in [6, 6.07) is 1.56. The van der Waals surface area contributed by atoms with E-state index in [-0.39, 0.29) is 11.7 Å². The molecule has 0 aromatic carbocycles. The molecule has 1 N–H and O–H groups in total. The minimum absolute atomic E-state index is 0.0506. The Bertz CT molecular complexity index is 420. The van der Waals surface area contributed by atoms with Gasteiger partial charge in [0.2, 0.25) is 0 Å². The summed E-state index contributed by atoms with van der Waals surface area (Å²) in [4.78, 5) is 20.1. The molecule has 1 aromatic heterocycles. The van der Waals surface area contributed by atoms with Crippen molar-refractivity contribution in [2.24, 2.45) is 0 Å². The number of amides is 1. The molecule has 0 saturated carbocycles. The number of hydrogen-bond donors (Lipinski definition) is 1. The summed E-state index contributed by atoms with van der Waals surface area (Å²) in [5, 5.41) is 10.6. The Hall–Kier alpha value is -1.14. The number of carbonyl (C=O) groups is 1. The minimum Gasteiger partial charge on any atom is -0.505 e. The molecule has 0 spiro atoms. The smallest absolute Gasteiger partial charge is 0.257 e. The first kappa shape index (κ1) is 13.3. The van der Waals surface area contributed by atoms with Crippen LogP contribution in [0.4, 0.5) is 0 Å². The average Bonchev–Trinajstić information content (AvgIpc) is 2.40. The van der Waals surface area contributed by atoms with E-state index < -0.39 is 0 Å². The molecule has 0 atom stereocenters. The van der Waals surface area contributed by atoms with Crippen LogP contribution >= 0.6 is 15.9 Å². The van der Waals surface area contributed by atoms with Crippen LogP contribution < -0.4 is 0 Å². The van der Waals surface area contributed by atoms with Gasteiger partial charge >= 0.3 is 0 Å². The van der Waals surface area contributed by atoms with E-state index in [9.17, 15) is 9.90 Å². The third-order valence-corrected chi connectivity index (χ3v) is 3.45. The largest absolute Gasteiger partial charge is 0.505 e. The molecule has 5 nitrogen and oxygen atoms in total. The van der Waals surface area contributed by atoms with E-state index in [2.05, 4.69) is 25.8 Å². The highest BCUT2D eigenvalue weighted by Gasteiger charge is 2.23. The summed E-state index contributed by atoms with van der Waals surface area (Å²) in [6.07, 6.45) is 2.82. The zero-order chi connectivity index (χ0) is 13.0. The van der Waals surface area contributed by atoms with Gasteiger partial charge in [-0.25, -0.2) is 0 Å². The highest BCUT2D eigenvalue weighted by Crippen LogP contribution is 2.17. The van der Waals surface area contributed by atoms with Crippen LogP contribution in [0.1, 0.15) is 10.4 Å². The average molecular weight is 314 g/mol. The normalized spacial score (nSPS) is 16.8. The maximum absolute atomic E-state index is 12.2. The molecular weight excluding hydrogens is 298 g/mol. The molecule has 98 valence electrons. The molecular formula is C12H16BrN3O2. The van der Waals surface area contributed by atoms with Crippen molar-refractivity contribution in [3.63, 3.8) is 0 Å². The Morgan fingerprint density at radius 2 is 2.11 bits per heavy atom. The van der Waals surface area contributed by atoms with E-state index in [1.54, 1.807) is 11.0 Å². The first-order chi connectivity index (χ1) is 8.72. The van der Waals surface area contributed by atoms with Gasteiger partial charge in [0.1, 0.15) is 5.75 Å². The monoisotopic (exact) mass is 313 g/mol. The lowest BCUT2D eigenvalue weighted by molar-refractivity contribution is 0.0642. The Labute approximate surface area is 115 Å². The summed E-state index contributed by atoms with van der Waals surface area (Å²) in [5.74, 6) is -0.168. The topological polar surface area (TPSA) is 56.7 Å². The summed E-state index contributed by atoms with van der Waals surface area (Å²) in [5.41, 5.74) is 0.332. The van der Waals surface area contributed by atoms with Crippen molar-refractivity contribution in [3.05, 3.63) is 24.0 Å². The van der Waals surface area contributed by atoms with Crippen LogP contribution in [-0.4, -0.2) is 63.9 Å². The minimum atomic E-state index is -0.117. The van der Waals surface area contributed by atoms with Gasteiger partial charge in [0, 0.05) is 44.3 Å². The molecule has 1 aliphatic rings. The second kappa shape index (κ2) is 6.15. The molecule has 1 fully saturated rings. The fourth-order valence-corrected chi connectivity index (χ4v) is 2.53. The predicted molar refractivity (Wildman–Crippen MR) is 72.0 cm³/mol. The number of halogens is 1. The van der Waals surface area contributed by atoms with Crippen LogP contribution in [0.3, 0.4) is 0 Å². The number of aromatic nitrogens is 1. The predicted octanol–water partition coefficient (Wildman–Crippen LogP) is 0.940. The SMILES string of the molecule is O=C(c1ccncc1O)N1CCN(CCBr)CC1. The van der Waals surface area contributed by atoms with Crippen molar-refractivity contribution in [3.8, 4) is 5.75 Å². The van der Waals surface area contributed by atoms with Gasteiger partial charge in [-0.2, -0.15) is 0 Å². The maximum Gasteiger partial charge on any atom is 0.257 e. The molecule has 0 unspecified atom stereocenters. The Kier molecular flexibility index (Phi) is 4.54. The van der Waals surface area contributed by atoms with Crippen LogP contribution in [0.15, 0.2) is 18.5 Å².